The zero-order valence-electron chi connectivity index (χ0n) is 14.6. The van der Waals surface area contributed by atoms with Crippen molar-refractivity contribution >= 4 is 22.0 Å². The summed E-state index contributed by atoms with van der Waals surface area (Å²) < 4.78 is 26.5. The summed E-state index contributed by atoms with van der Waals surface area (Å²) >= 11 is 0. The fourth-order valence-electron chi connectivity index (χ4n) is 3.02. The van der Waals surface area contributed by atoms with Crippen molar-refractivity contribution in [2.75, 3.05) is 13.1 Å². The molecule has 2 heterocycles. The lowest BCUT2D eigenvalue weighted by molar-refractivity contribution is 0.0995. The molecule has 26 heavy (non-hydrogen) atoms. The minimum atomic E-state index is -3.45. The van der Waals surface area contributed by atoms with Gasteiger partial charge in [-0.05, 0) is 37.5 Å². The number of carbonyl (C=O) groups is 1. The predicted octanol–water partition coefficient (Wildman–Crippen LogP) is 2.00. The molecule has 3 N–H and O–H groups in total. The summed E-state index contributed by atoms with van der Waals surface area (Å²) in [6.07, 6.45) is 2.95. The van der Waals surface area contributed by atoms with Crippen LogP contribution in [0.3, 0.4) is 0 Å². The van der Waals surface area contributed by atoms with E-state index in [4.69, 9.17) is 5.73 Å². The molecule has 1 fully saturated rings. The number of piperidine rings is 1. The third-order valence-electron chi connectivity index (χ3n) is 4.61. The molecular weight excluding hydrogens is 352 g/mol. The van der Waals surface area contributed by atoms with E-state index in [1.807, 2.05) is 31.2 Å². The van der Waals surface area contributed by atoms with Crippen molar-refractivity contribution in [3.63, 3.8) is 0 Å². The van der Waals surface area contributed by atoms with Crippen molar-refractivity contribution in [2.45, 2.75) is 25.7 Å². The summed E-state index contributed by atoms with van der Waals surface area (Å²) in [4.78, 5) is 11.1. The van der Waals surface area contributed by atoms with Crippen molar-refractivity contribution in [3.8, 4) is 0 Å². The van der Waals surface area contributed by atoms with E-state index in [2.05, 4.69) is 10.2 Å². The number of hydrogen-bond donors (Lipinski definition) is 2. The smallest absolute Gasteiger partial charge is 0.269 e. The maximum Gasteiger partial charge on any atom is 0.269 e. The Labute approximate surface area is 152 Å². The van der Waals surface area contributed by atoms with Crippen LogP contribution >= 0.6 is 0 Å². The quantitative estimate of drug-likeness (QED) is 0.834. The molecule has 7 nitrogen and oxygen atoms in total. The lowest BCUT2D eigenvalue weighted by atomic mass is 9.94. The number of aryl methyl sites for hydroxylation is 1. The third kappa shape index (κ3) is 4.20. The van der Waals surface area contributed by atoms with Gasteiger partial charge in [-0.1, -0.05) is 29.8 Å². The first-order valence-corrected chi connectivity index (χ1v) is 9.95. The highest BCUT2D eigenvalue weighted by atomic mass is 32.2. The summed E-state index contributed by atoms with van der Waals surface area (Å²) in [5.41, 5.74) is 8.22. The summed E-state index contributed by atoms with van der Waals surface area (Å²) in [5, 5.41) is 7.98. The van der Waals surface area contributed by atoms with E-state index in [0.29, 0.717) is 25.9 Å². The molecule has 0 saturated carbocycles. The minimum Gasteiger partial charge on any atom is -0.364 e. The number of aromatic amines is 1. The number of H-pyrrole nitrogens is 1. The molecule has 1 saturated heterocycles. The van der Waals surface area contributed by atoms with Crippen molar-refractivity contribution in [1.29, 1.82) is 0 Å². The molecule has 0 bridgehead atoms. The molecule has 0 radical (unpaired) electrons. The van der Waals surface area contributed by atoms with Gasteiger partial charge in [-0.25, -0.2) is 8.42 Å². The van der Waals surface area contributed by atoms with Crippen LogP contribution in [0.25, 0.3) is 6.08 Å². The number of primary amides is 1. The van der Waals surface area contributed by atoms with Gasteiger partial charge in [0.2, 0.25) is 10.0 Å². The van der Waals surface area contributed by atoms with E-state index in [9.17, 15) is 13.2 Å². The molecule has 1 amide bonds. The van der Waals surface area contributed by atoms with Gasteiger partial charge in [0.1, 0.15) is 5.69 Å². The second kappa shape index (κ2) is 7.43. The Hall–Kier alpha value is -2.45. The molecule has 0 aliphatic carbocycles. The summed E-state index contributed by atoms with van der Waals surface area (Å²) in [7, 11) is -3.45. The van der Waals surface area contributed by atoms with E-state index in [-0.39, 0.29) is 11.6 Å². The van der Waals surface area contributed by atoms with E-state index in [0.717, 1.165) is 16.8 Å². The van der Waals surface area contributed by atoms with Crippen LogP contribution in [0.1, 0.15) is 46.1 Å². The topological polar surface area (TPSA) is 109 Å². The summed E-state index contributed by atoms with van der Waals surface area (Å²) in [6, 6.07) is 9.32. The van der Waals surface area contributed by atoms with Crippen LogP contribution in [0.15, 0.2) is 35.7 Å². The van der Waals surface area contributed by atoms with Gasteiger partial charge >= 0.3 is 0 Å². The Bertz CT molecular complexity index is 908. The van der Waals surface area contributed by atoms with Gasteiger partial charge in [0.05, 0.1) is 0 Å². The molecule has 3 rings (SSSR count). The van der Waals surface area contributed by atoms with Crippen LogP contribution in [-0.2, 0) is 10.0 Å². The molecule has 1 aliphatic heterocycles. The van der Waals surface area contributed by atoms with Gasteiger partial charge in [-0.3, -0.25) is 9.89 Å². The zero-order valence-corrected chi connectivity index (χ0v) is 15.4. The van der Waals surface area contributed by atoms with Gasteiger partial charge in [0.15, 0.2) is 0 Å². The van der Waals surface area contributed by atoms with Crippen LogP contribution < -0.4 is 5.73 Å². The van der Waals surface area contributed by atoms with Crippen LogP contribution in [0.4, 0.5) is 0 Å². The monoisotopic (exact) mass is 374 g/mol. The molecule has 138 valence electrons. The van der Waals surface area contributed by atoms with Crippen molar-refractivity contribution in [3.05, 3.63) is 58.3 Å². The number of carbonyl (C=O) groups excluding carboxylic acids is 1. The summed E-state index contributed by atoms with van der Waals surface area (Å²) in [6.45, 7) is 2.84. The number of rotatable bonds is 5. The van der Waals surface area contributed by atoms with Gasteiger partial charge in [0.25, 0.3) is 5.91 Å². The molecule has 0 atom stereocenters. The number of nitrogens with one attached hydrogen (secondary N) is 1. The first-order chi connectivity index (χ1) is 12.3. The lowest BCUT2D eigenvalue weighted by Crippen LogP contribution is -2.36. The second-order valence-electron chi connectivity index (χ2n) is 6.50. The van der Waals surface area contributed by atoms with E-state index in [1.165, 1.54) is 9.71 Å². The molecular formula is C18H22N4O3S. The highest BCUT2D eigenvalue weighted by Crippen LogP contribution is 2.28. The average Bonchev–Trinajstić information content (AvgIpc) is 3.12. The molecule has 1 aromatic heterocycles. The zero-order chi connectivity index (χ0) is 18.7. The molecule has 8 heteroatoms. The maximum atomic E-state index is 12.5. The number of benzene rings is 1. The number of hydrogen-bond acceptors (Lipinski definition) is 4. The minimum absolute atomic E-state index is 0.142. The third-order valence-corrected chi connectivity index (χ3v) is 6.18. The Balaban J connectivity index is 1.62. The largest absolute Gasteiger partial charge is 0.364 e. The van der Waals surface area contributed by atoms with Crippen LogP contribution in [-0.4, -0.2) is 41.9 Å². The van der Waals surface area contributed by atoms with Gasteiger partial charge in [-0.15, -0.1) is 0 Å². The Kier molecular flexibility index (Phi) is 5.24. The standard InChI is InChI=1S/C18H22N4O3S/c1-13-2-4-14(5-3-13)8-11-26(24,25)22-9-6-15(7-10-22)16-12-17(18(19)23)21-20-16/h2-5,8,11-12,15H,6-7,9-10H2,1H3,(H2,19,23)(H,20,21). The van der Waals surface area contributed by atoms with Gasteiger partial charge in [-0.2, -0.15) is 9.40 Å². The fourth-order valence-corrected chi connectivity index (χ4v) is 4.24. The van der Waals surface area contributed by atoms with E-state index >= 15 is 0 Å². The summed E-state index contributed by atoms with van der Waals surface area (Å²) in [5.74, 6) is -0.433. The predicted molar refractivity (Wildman–Crippen MR) is 99.8 cm³/mol. The van der Waals surface area contributed by atoms with E-state index < -0.39 is 15.9 Å². The first kappa shape index (κ1) is 18.3. The van der Waals surface area contributed by atoms with Gasteiger partial charge in [0, 0.05) is 30.1 Å². The lowest BCUT2D eigenvalue weighted by Gasteiger charge is -2.29. The van der Waals surface area contributed by atoms with Gasteiger partial charge < -0.3 is 5.73 Å². The number of nitrogens with zero attached hydrogens (tertiary/aromatic N) is 2. The van der Waals surface area contributed by atoms with Crippen molar-refractivity contribution in [2.24, 2.45) is 5.73 Å². The molecule has 1 aliphatic rings. The number of amides is 1. The Morgan fingerprint density at radius 2 is 1.92 bits per heavy atom. The van der Waals surface area contributed by atoms with E-state index in [1.54, 1.807) is 12.1 Å². The fraction of sp³-hybridized carbons (Fsp3) is 0.333. The normalized spacial score (nSPS) is 17.0. The molecule has 2 aromatic rings. The average molecular weight is 374 g/mol. The van der Waals surface area contributed by atoms with Crippen molar-refractivity contribution in [1.82, 2.24) is 14.5 Å². The van der Waals surface area contributed by atoms with Crippen LogP contribution in [0.5, 0.6) is 0 Å². The van der Waals surface area contributed by atoms with Crippen LogP contribution in [0, 0.1) is 6.92 Å². The SMILES string of the molecule is Cc1ccc(C=CS(=O)(=O)N2CCC(c3cc(C(N)=O)n[nH]3)CC2)cc1. The number of nitrogens with two attached hydrogens (primary N) is 1. The number of sulfonamides is 1. The van der Waals surface area contributed by atoms with Crippen molar-refractivity contribution < 1.29 is 13.2 Å². The highest BCUT2D eigenvalue weighted by molar-refractivity contribution is 7.92. The molecule has 1 aromatic carbocycles. The van der Waals surface area contributed by atoms with Crippen LogP contribution in [0.2, 0.25) is 0 Å². The maximum absolute atomic E-state index is 12.5. The Morgan fingerprint density at radius 3 is 2.50 bits per heavy atom. The molecule has 0 unspecified atom stereocenters. The second-order valence-corrected chi connectivity index (χ2v) is 8.32. The number of aromatic nitrogens is 2. The Morgan fingerprint density at radius 1 is 1.27 bits per heavy atom. The molecule has 0 spiro atoms. The highest BCUT2D eigenvalue weighted by Gasteiger charge is 2.28. The first-order valence-electron chi connectivity index (χ1n) is 8.45.